The van der Waals surface area contributed by atoms with Crippen molar-refractivity contribution in [2.75, 3.05) is 13.1 Å². The first-order chi connectivity index (χ1) is 13.1. The molecule has 4 rings (SSSR count). The van der Waals surface area contributed by atoms with Gasteiger partial charge < -0.3 is 10.2 Å². The highest BCUT2D eigenvalue weighted by atomic mass is 16.2. The standard InChI is InChI=1S/C23H24N2O2/c1-16-20(18-7-3-2-4-8-18)21(16)22(26)24-15-17-9-11-19(12-10-17)23(27)25-13-5-6-14-25/h2-4,7-12,21H,5-6,13-15H2,1H3,(H,24,26). The van der Waals surface area contributed by atoms with E-state index >= 15 is 0 Å². The van der Waals surface area contributed by atoms with Crippen molar-refractivity contribution in [3.8, 4) is 0 Å². The second-order valence-electron chi connectivity index (χ2n) is 7.31. The van der Waals surface area contributed by atoms with Gasteiger partial charge in [-0.2, -0.15) is 0 Å². The highest BCUT2D eigenvalue weighted by molar-refractivity contribution is 6.05. The predicted octanol–water partition coefficient (Wildman–Crippen LogP) is 3.64. The number of rotatable bonds is 5. The third-order valence-corrected chi connectivity index (χ3v) is 5.47. The Morgan fingerprint density at radius 2 is 1.67 bits per heavy atom. The first kappa shape index (κ1) is 17.5. The largest absolute Gasteiger partial charge is 0.351 e. The van der Waals surface area contributed by atoms with Crippen LogP contribution in [0.1, 0.15) is 41.3 Å². The third kappa shape index (κ3) is 3.65. The molecule has 1 aliphatic heterocycles. The number of nitrogens with zero attached hydrogens (tertiary/aromatic N) is 1. The van der Waals surface area contributed by atoms with Crippen molar-refractivity contribution in [1.82, 2.24) is 10.2 Å². The summed E-state index contributed by atoms with van der Waals surface area (Å²) in [5, 5.41) is 3.02. The van der Waals surface area contributed by atoms with Gasteiger partial charge in [0, 0.05) is 25.2 Å². The van der Waals surface area contributed by atoms with E-state index in [9.17, 15) is 9.59 Å². The molecule has 1 saturated heterocycles. The van der Waals surface area contributed by atoms with Crippen molar-refractivity contribution < 1.29 is 9.59 Å². The van der Waals surface area contributed by atoms with Gasteiger partial charge in [0.15, 0.2) is 0 Å². The van der Waals surface area contributed by atoms with Gasteiger partial charge in [0.1, 0.15) is 0 Å². The fourth-order valence-corrected chi connectivity index (χ4v) is 3.83. The summed E-state index contributed by atoms with van der Waals surface area (Å²) in [6.07, 6.45) is 2.19. The maximum Gasteiger partial charge on any atom is 0.253 e. The number of carbonyl (C=O) groups is 2. The molecule has 1 N–H and O–H groups in total. The zero-order valence-corrected chi connectivity index (χ0v) is 15.6. The number of amides is 2. The molecule has 138 valence electrons. The average Bonchev–Trinajstić information content (AvgIpc) is 3.11. The van der Waals surface area contributed by atoms with Crippen molar-refractivity contribution in [1.29, 1.82) is 0 Å². The SMILES string of the molecule is CC1=C(c2ccccc2)C1C(=O)NCc1ccc(C(=O)N2CCCC2)cc1. The Kier molecular flexibility index (Phi) is 4.80. The van der Waals surface area contributed by atoms with E-state index in [2.05, 4.69) is 5.32 Å². The topological polar surface area (TPSA) is 49.4 Å². The summed E-state index contributed by atoms with van der Waals surface area (Å²) in [7, 11) is 0. The van der Waals surface area contributed by atoms with Gasteiger partial charge in [-0.25, -0.2) is 0 Å². The summed E-state index contributed by atoms with van der Waals surface area (Å²) in [6, 6.07) is 17.6. The van der Waals surface area contributed by atoms with Gasteiger partial charge in [0.05, 0.1) is 5.92 Å². The number of carbonyl (C=O) groups excluding carboxylic acids is 2. The lowest BCUT2D eigenvalue weighted by molar-refractivity contribution is -0.121. The molecule has 0 aromatic heterocycles. The fourth-order valence-electron chi connectivity index (χ4n) is 3.83. The summed E-state index contributed by atoms with van der Waals surface area (Å²) in [4.78, 5) is 26.8. The molecule has 1 aliphatic carbocycles. The minimum absolute atomic E-state index is 0.0450. The van der Waals surface area contributed by atoms with E-state index in [1.54, 1.807) is 0 Å². The molecule has 1 fully saturated rings. The maximum atomic E-state index is 12.5. The van der Waals surface area contributed by atoms with Crippen LogP contribution in [0.4, 0.5) is 0 Å². The number of benzene rings is 2. The molecular formula is C23H24N2O2. The molecule has 27 heavy (non-hydrogen) atoms. The number of hydrogen-bond donors (Lipinski definition) is 1. The summed E-state index contributed by atoms with van der Waals surface area (Å²) in [5.41, 5.74) is 5.13. The van der Waals surface area contributed by atoms with E-state index in [-0.39, 0.29) is 17.7 Å². The lowest BCUT2D eigenvalue weighted by Crippen LogP contribution is -2.28. The molecule has 0 saturated carbocycles. The molecule has 1 unspecified atom stereocenters. The normalized spacial score (nSPS) is 18.6. The van der Waals surface area contributed by atoms with Crippen molar-refractivity contribution in [3.63, 3.8) is 0 Å². The molecule has 0 bridgehead atoms. The van der Waals surface area contributed by atoms with Gasteiger partial charge in [-0.3, -0.25) is 9.59 Å². The zero-order chi connectivity index (χ0) is 18.8. The van der Waals surface area contributed by atoms with Crippen molar-refractivity contribution in [2.45, 2.75) is 26.3 Å². The Hall–Kier alpha value is -2.88. The van der Waals surface area contributed by atoms with Crippen LogP contribution in [0, 0.1) is 5.92 Å². The van der Waals surface area contributed by atoms with Crippen LogP contribution >= 0.6 is 0 Å². The van der Waals surface area contributed by atoms with E-state index in [1.165, 1.54) is 0 Å². The fraction of sp³-hybridized carbons (Fsp3) is 0.304. The summed E-state index contributed by atoms with van der Waals surface area (Å²) < 4.78 is 0. The molecule has 1 atom stereocenters. The molecule has 2 aromatic rings. The van der Waals surface area contributed by atoms with E-state index in [4.69, 9.17) is 0 Å². The van der Waals surface area contributed by atoms with Crippen molar-refractivity contribution in [2.24, 2.45) is 5.92 Å². The smallest absolute Gasteiger partial charge is 0.253 e. The van der Waals surface area contributed by atoms with Crippen LogP contribution in [0.15, 0.2) is 60.2 Å². The molecular weight excluding hydrogens is 336 g/mol. The summed E-state index contributed by atoms with van der Waals surface area (Å²) in [5.74, 6) is 0.0420. The highest BCUT2D eigenvalue weighted by Gasteiger charge is 2.39. The second-order valence-corrected chi connectivity index (χ2v) is 7.31. The number of nitrogens with one attached hydrogen (secondary N) is 1. The lowest BCUT2D eigenvalue weighted by Gasteiger charge is -2.15. The number of likely N-dealkylation sites (tertiary alicyclic amines) is 1. The maximum absolute atomic E-state index is 12.5. The molecule has 2 amide bonds. The molecule has 4 heteroatoms. The van der Waals surface area contributed by atoms with E-state index in [0.29, 0.717) is 6.54 Å². The minimum Gasteiger partial charge on any atom is -0.351 e. The average molecular weight is 360 g/mol. The summed E-state index contributed by atoms with van der Waals surface area (Å²) >= 11 is 0. The predicted molar refractivity (Wildman–Crippen MR) is 106 cm³/mol. The van der Waals surface area contributed by atoms with Gasteiger partial charge in [-0.05, 0) is 48.6 Å². The van der Waals surface area contributed by atoms with E-state index < -0.39 is 0 Å². The van der Waals surface area contributed by atoms with Gasteiger partial charge in [0.2, 0.25) is 5.91 Å². The first-order valence-corrected chi connectivity index (χ1v) is 9.57. The van der Waals surface area contributed by atoms with Crippen LogP contribution in [0.5, 0.6) is 0 Å². The van der Waals surface area contributed by atoms with Crippen molar-refractivity contribution in [3.05, 3.63) is 76.9 Å². The summed E-state index contributed by atoms with van der Waals surface area (Å²) in [6.45, 7) is 4.20. The molecule has 1 heterocycles. The number of hydrogen-bond acceptors (Lipinski definition) is 2. The molecule has 4 nitrogen and oxygen atoms in total. The molecule has 0 radical (unpaired) electrons. The van der Waals surface area contributed by atoms with Crippen molar-refractivity contribution >= 4 is 17.4 Å². The Balaban J connectivity index is 1.31. The first-order valence-electron chi connectivity index (χ1n) is 9.57. The van der Waals surface area contributed by atoms with Crippen LogP contribution in [0.3, 0.4) is 0 Å². The second kappa shape index (κ2) is 7.39. The van der Waals surface area contributed by atoms with Crippen LogP contribution in [-0.4, -0.2) is 29.8 Å². The Bertz CT molecular complexity index is 878. The third-order valence-electron chi connectivity index (χ3n) is 5.47. The van der Waals surface area contributed by atoms with Crippen LogP contribution in [-0.2, 0) is 11.3 Å². The highest BCUT2D eigenvalue weighted by Crippen LogP contribution is 2.46. The Morgan fingerprint density at radius 3 is 2.33 bits per heavy atom. The van der Waals surface area contributed by atoms with Gasteiger partial charge in [0.25, 0.3) is 5.91 Å². The zero-order valence-electron chi connectivity index (χ0n) is 15.6. The quantitative estimate of drug-likeness (QED) is 0.885. The molecule has 0 spiro atoms. The van der Waals surface area contributed by atoms with Crippen LogP contribution in [0.25, 0.3) is 5.57 Å². The monoisotopic (exact) mass is 360 g/mol. The van der Waals surface area contributed by atoms with Crippen LogP contribution < -0.4 is 5.32 Å². The van der Waals surface area contributed by atoms with E-state index in [0.717, 1.165) is 53.8 Å². The Labute approximate surface area is 159 Å². The molecule has 2 aromatic carbocycles. The minimum atomic E-state index is -0.108. The van der Waals surface area contributed by atoms with Crippen LogP contribution in [0.2, 0.25) is 0 Å². The Morgan fingerprint density at radius 1 is 1.00 bits per heavy atom. The van der Waals surface area contributed by atoms with E-state index in [1.807, 2.05) is 66.4 Å². The van der Waals surface area contributed by atoms with Gasteiger partial charge in [-0.15, -0.1) is 0 Å². The van der Waals surface area contributed by atoms with Gasteiger partial charge >= 0.3 is 0 Å². The lowest BCUT2D eigenvalue weighted by atomic mass is 10.1. The molecule has 2 aliphatic rings. The van der Waals surface area contributed by atoms with Gasteiger partial charge in [-0.1, -0.05) is 48.0 Å².